The summed E-state index contributed by atoms with van der Waals surface area (Å²) in [5, 5.41) is 0. The Bertz CT molecular complexity index is 931. The number of ether oxygens (including phenoxy) is 2. The second-order valence-electron chi connectivity index (χ2n) is 8.39. The molecule has 30 heavy (non-hydrogen) atoms. The third-order valence-electron chi connectivity index (χ3n) is 5.40. The molecule has 0 bridgehead atoms. The number of benzene rings is 2. The quantitative estimate of drug-likeness (QED) is 0.553. The van der Waals surface area contributed by atoms with Gasteiger partial charge in [-0.1, -0.05) is 28.4 Å². The SMILES string of the molecule is CC1(C)Oc2ccccc2C(=O)N1C[Si+](F)CN1C(=O)c2ccccc2OC1(C)C. The fourth-order valence-electron chi connectivity index (χ4n) is 3.81. The van der Waals surface area contributed by atoms with Crippen LogP contribution in [0.25, 0.3) is 0 Å². The Labute approximate surface area is 177 Å². The number of para-hydroxylation sites is 2. The molecule has 0 atom stereocenters. The average Bonchev–Trinajstić information content (AvgIpc) is 2.68. The maximum absolute atomic E-state index is 15.4. The Morgan fingerprint density at radius 3 is 1.53 bits per heavy atom. The Hall–Kier alpha value is -2.87. The molecule has 0 radical (unpaired) electrons. The molecule has 6 nitrogen and oxygen atoms in total. The normalized spacial score (nSPS) is 18.8. The van der Waals surface area contributed by atoms with Crippen molar-refractivity contribution in [2.45, 2.75) is 39.1 Å². The van der Waals surface area contributed by atoms with Crippen molar-refractivity contribution in [2.75, 3.05) is 12.3 Å². The fourth-order valence-corrected chi connectivity index (χ4v) is 5.65. The van der Waals surface area contributed by atoms with E-state index in [0.29, 0.717) is 22.6 Å². The Morgan fingerprint density at radius 1 is 0.767 bits per heavy atom. The number of hydrogen-bond acceptors (Lipinski definition) is 4. The average molecular weight is 428 g/mol. The monoisotopic (exact) mass is 427 g/mol. The Kier molecular flexibility index (Phi) is 4.84. The summed E-state index contributed by atoms with van der Waals surface area (Å²) in [4.78, 5) is 28.8. The second kappa shape index (κ2) is 7.12. The van der Waals surface area contributed by atoms with Crippen molar-refractivity contribution < 1.29 is 23.2 Å². The van der Waals surface area contributed by atoms with E-state index in [4.69, 9.17) is 9.47 Å². The number of amides is 2. The van der Waals surface area contributed by atoms with E-state index in [1.54, 1.807) is 76.2 Å². The highest BCUT2D eigenvalue weighted by Gasteiger charge is 2.50. The lowest BCUT2D eigenvalue weighted by atomic mass is 10.1. The van der Waals surface area contributed by atoms with Crippen molar-refractivity contribution >= 4 is 20.9 Å². The van der Waals surface area contributed by atoms with Crippen molar-refractivity contribution in [2.24, 2.45) is 0 Å². The predicted molar refractivity (Wildman–Crippen MR) is 111 cm³/mol. The fraction of sp³-hybridized carbons (Fsp3) is 0.364. The van der Waals surface area contributed by atoms with Crippen LogP contribution < -0.4 is 9.47 Å². The van der Waals surface area contributed by atoms with Crippen LogP contribution in [0.4, 0.5) is 4.11 Å². The zero-order chi connectivity index (χ0) is 21.7. The third-order valence-corrected chi connectivity index (χ3v) is 6.72. The highest BCUT2D eigenvalue weighted by molar-refractivity contribution is 6.52. The molecule has 0 fully saturated rings. The summed E-state index contributed by atoms with van der Waals surface area (Å²) in [6, 6.07) is 13.9. The first-order valence-corrected chi connectivity index (χ1v) is 11.6. The zero-order valence-electron chi connectivity index (χ0n) is 17.4. The molecule has 0 aromatic heterocycles. The van der Waals surface area contributed by atoms with Crippen LogP contribution >= 0.6 is 0 Å². The van der Waals surface area contributed by atoms with E-state index >= 15 is 4.11 Å². The van der Waals surface area contributed by atoms with Gasteiger partial charge in [0, 0.05) is 0 Å². The molecule has 0 saturated heterocycles. The molecule has 2 aliphatic rings. The number of carbonyl (C=O) groups is 2. The summed E-state index contributed by atoms with van der Waals surface area (Å²) in [7, 11) is -2.65. The molecule has 2 amide bonds. The minimum Gasteiger partial charge on any atom is -0.468 e. The summed E-state index contributed by atoms with van der Waals surface area (Å²) < 4.78 is 27.3. The van der Waals surface area contributed by atoms with Gasteiger partial charge in [-0.2, -0.15) is 0 Å². The number of fused-ring (bicyclic) bond motifs is 2. The number of rotatable bonds is 4. The smallest absolute Gasteiger partial charge is 0.468 e. The van der Waals surface area contributed by atoms with Crippen molar-refractivity contribution in [3.05, 3.63) is 59.7 Å². The van der Waals surface area contributed by atoms with E-state index in [-0.39, 0.29) is 24.2 Å². The third kappa shape index (κ3) is 3.45. The molecule has 2 aromatic rings. The van der Waals surface area contributed by atoms with E-state index in [1.807, 2.05) is 0 Å². The van der Waals surface area contributed by atoms with Gasteiger partial charge in [0.2, 0.25) is 0 Å². The molecule has 0 N–H and O–H groups in total. The second-order valence-corrected chi connectivity index (χ2v) is 10.1. The molecule has 156 valence electrons. The topological polar surface area (TPSA) is 59.1 Å². The summed E-state index contributed by atoms with van der Waals surface area (Å²) in [6.45, 7) is 6.97. The molecule has 2 aliphatic heterocycles. The first-order chi connectivity index (χ1) is 14.1. The van der Waals surface area contributed by atoms with Crippen molar-refractivity contribution in [1.82, 2.24) is 9.80 Å². The maximum atomic E-state index is 15.4. The van der Waals surface area contributed by atoms with Crippen LogP contribution in [0.2, 0.25) is 0 Å². The van der Waals surface area contributed by atoms with Crippen LogP contribution in [0.15, 0.2) is 48.5 Å². The van der Waals surface area contributed by atoms with E-state index in [2.05, 4.69) is 0 Å². The Morgan fingerprint density at radius 2 is 1.13 bits per heavy atom. The lowest BCUT2D eigenvalue weighted by Gasteiger charge is -2.42. The van der Waals surface area contributed by atoms with E-state index in [0.717, 1.165) is 0 Å². The van der Waals surface area contributed by atoms with E-state index in [9.17, 15) is 9.59 Å². The van der Waals surface area contributed by atoms with Gasteiger partial charge in [0.05, 0.1) is 11.1 Å². The van der Waals surface area contributed by atoms with Crippen molar-refractivity contribution in [3.63, 3.8) is 0 Å². The summed E-state index contributed by atoms with van der Waals surface area (Å²) in [6.07, 6.45) is -0.210. The highest BCUT2D eigenvalue weighted by atomic mass is 28.3. The molecule has 0 aliphatic carbocycles. The van der Waals surface area contributed by atoms with Gasteiger partial charge in [-0.15, -0.1) is 0 Å². The van der Waals surface area contributed by atoms with Gasteiger partial charge in [-0.05, 0) is 52.0 Å². The molecular weight excluding hydrogens is 403 g/mol. The van der Waals surface area contributed by atoms with Gasteiger partial charge in [-0.25, -0.2) is 0 Å². The van der Waals surface area contributed by atoms with Gasteiger partial charge in [0.1, 0.15) is 11.5 Å². The van der Waals surface area contributed by atoms with Gasteiger partial charge in [-0.3, -0.25) is 19.4 Å². The number of hydrogen-bond donors (Lipinski definition) is 0. The van der Waals surface area contributed by atoms with E-state index in [1.165, 1.54) is 9.80 Å². The van der Waals surface area contributed by atoms with Crippen LogP contribution in [-0.2, 0) is 0 Å². The van der Waals surface area contributed by atoms with Crippen LogP contribution in [-0.4, -0.2) is 54.5 Å². The van der Waals surface area contributed by atoms with Gasteiger partial charge < -0.3 is 9.47 Å². The largest absolute Gasteiger partial charge is 0.586 e. The minimum absolute atomic E-state index is 0.105. The zero-order valence-corrected chi connectivity index (χ0v) is 18.4. The molecule has 2 aromatic carbocycles. The Balaban J connectivity index is 1.54. The summed E-state index contributed by atoms with van der Waals surface area (Å²) in [5.74, 6) is 0.447. The molecule has 0 saturated carbocycles. The molecular formula is C22H24FN2O4Si+. The molecule has 4 rings (SSSR count). The van der Waals surface area contributed by atoms with Crippen LogP contribution in [0.1, 0.15) is 48.4 Å². The standard InChI is InChI=1S/C22H24FN2O4Si/c1-21(2)24(19(26)15-9-5-7-11-17(15)28-21)13-30(23)14-25-20(27)16-10-6-8-12-18(16)29-22(25,3)4/h5-12H,13-14H2,1-4H3/q+1. The maximum Gasteiger partial charge on any atom is 0.586 e. The molecule has 8 heteroatoms. The van der Waals surface area contributed by atoms with Gasteiger partial charge >= 0.3 is 9.13 Å². The van der Waals surface area contributed by atoms with Crippen LogP contribution in [0, 0.1) is 0 Å². The molecule has 0 unspecified atom stereocenters. The predicted octanol–water partition coefficient (Wildman–Crippen LogP) is 3.57. The van der Waals surface area contributed by atoms with Gasteiger partial charge in [0.25, 0.3) is 11.8 Å². The summed E-state index contributed by atoms with van der Waals surface area (Å²) >= 11 is 0. The lowest BCUT2D eigenvalue weighted by Crippen LogP contribution is -2.61. The summed E-state index contributed by atoms with van der Waals surface area (Å²) in [5.41, 5.74) is -1.15. The lowest BCUT2D eigenvalue weighted by molar-refractivity contribution is -0.0466. The number of nitrogens with zero attached hydrogens (tertiary/aromatic N) is 2. The molecule has 2 heterocycles. The highest BCUT2D eigenvalue weighted by Crippen LogP contribution is 2.35. The van der Waals surface area contributed by atoms with Gasteiger partial charge in [0.15, 0.2) is 23.8 Å². The van der Waals surface area contributed by atoms with Crippen molar-refractivity contribution in [3.8, 4) is 11.5 Å². The van der Waals surface area contributed by atoms with Crippen LogP contribution in [0.5, 0.6) is 11.5 Å². The van der Waals surface area contributed by atoms with E-state index < -0.39 is 20.6 Å². The number of carbonyl (C=O) groups excluding carboxylic acids is 2. The minimum atomic E-state index is -2.65. The van der Waals surface area contributed by atoms with Crippen LogP contribution in [0.3, 0.4) is 0 Å². The van der Waals surface area contributed by atoms with Crippen molar-refractivity contribution in [1.29, 1.82) is 0 Å². The molecule has 0 spiro atoms. The first kappa shape index (κ1) is 20.4. The first-order valence-electron chi connectivity index (χ1n) is 9.80. The number of halogens is 1.